The first-order chi connectivity index (χ1) is 16.9. The Balaban J connectivity index is 1.98. The zero-order chi connectivity index (χ0) is 26.5. The van der Waals surface area contributed by atoms with Crippen molar-refractivity contribution in [1.29, 1.82) is 0 Å². The van der Waals surface area contributed by atoms with E-state index in [-0.39, 0.29) is 16.2 Å². The molecule has 3 rings (SSSR count). The maximum Gasteiger partial charge on any atom is 0.329 e. The van der Waals surface area contributed by atoms with Gasteiger partial charge in [0.25, 0.3) is 15.9 Å². The van der Waals surface area contributed by atoms with Crippen molar-refractivity contribution in [1.82, 2.24) is 15.4 Å². The molecule has 0 aliphatic rings. The molecule has 0 atom stereocenters. The van der Waals surface area contributed by atoms with E-state index in [9.17, 15) is 18.0 Å². The van der Waals surface area contributed by atoms with Crippen molar-refractivity contribution < 1.29 is 27.5 Å². The van der Waals surface area contributed by atoms with Gasteiger partial charge in [0.2, 0.25) is 0 Å². The fourth-order valence-corrected chi connectivity index (χ4v) is 4.34. The van der Waals surface area contributed by atoms with Gasteiger partial charge in [-0.3, -0.25) is 4.79 Å². The highest BCUT2D eigenvalue weighted by Gasteiger charge is 2.26. The number of nitrogens with one attached hydrogen (secondary N) is 3. The minimum Gasteiger partial charge on any atom is -0.497 e. The molecule has 0 saturated carbocycles. The van der Waals surface area contributed by atoms with Crippen molar-refractivity contribution in [2.45, 2.75) is 31.2 Å². The fraction of sp³-hybridized carbons (Fsp3) is 0.231. The summed E-state index contributed by atoms with van der Waals surface area (Å²) in [6.07, 6.45) is 0. The van der Waals surface area contributed by atoms with E-state index >= 15 is 0 Å². The quantitative estimate of drug-likeness (QED) is 0.435. The van der Waals surface area contributed by atoms with Gasteiger partial charge in [-0.1, -0.05) is 24.3 Å². The van der Waals surface area contributed by atoms with Gasteiger partial charge in [0.1, 0.15) is 22.1 Å². The molecule has 3 amide bonds. The molecule has 190 valence electrons. The van der Waals surface area contributed by atoms with Gasteiger partial charge in [0.15, 0.2) is 0 Å². The SMILES string of the molecule is CNC(=O)c1ccc(Oc2cccc(-c3ccc(OC)cc3)c2)c(S(=O)(=O)NC(=O)NC(C)(C)C)c1. The zero-order valence-corrected chi connectivity index (χ0v) is 21.5. The first-order valence-electron chi connectivity index (χ1n) is 11.1. The largest absolute Gasteiger partial charge is 0.497 e. The van der Waals surface area contributed by atoms with Crippen LogP contribution in [0.1, 0.15) is 31.1 Å². The van der Waals surface area contributed by atoms with Crippen LogP contribution in [0.3, 0.4) is 0 Å². The van der Waals surface area contributed by atoms with E-state index in [0.717, 1.165) is 22.9 Å². The molecule has 3 aromatic carbocycles. The predicted octanol–water partition coefficient (Wildman–Crippen LogP) is 4.30. The van der Waals surface area contributed by atoms with Crippen LogP contribution in [0, 0.1) is 0 Å². The van der Waals surface area contributed by atoms with Crippen molar-refractivity contribution in [3.05, 3.63) is 72.3 Å². The second kappa shape index (κ2) is 10.7. The highest BCUT2D eigenvalue weighted by Crippen LogP contribution is 2.32. The number of sulfonamides is 1. The Morgan fingerprint density at radius 2 is 1.56 bits per heavy atom. The van der Waals surface area contributed by atoms with E-state index in [1.165, 1.54) is 19.2 Å². The van der Waals surface area contributed by atoms with Crippen LogP contribution in [-0.2, 0) is 10.0 Å². The van der Waals surface area contributed by atoms with Crippen LogP contribution in [-0.4, -0.2) is 40.1 Å². The van der Waals surface area contributed by atoms with E-state index in [1.54, 1.807) is 46.1 Å². The second-order valence-electron chi connectivity index (χ2n) is 8.91. The monoisotopic (exact) mass is 511 g/mol. The number of ether oxygens (including phenoxy) is 2. The summed E-state index contributed by atoms with van der Waals surface area (Å²) in [4.78, 5) is 24.1. The van der Waals surface area contributed by atoms with E-state index < -0.39 is 27.5 Å². The zero-order valence-electron chi connectivity index (χ0n) is 20.7. The number of rotatable bonds is 7. The summed E-state index contributed by atoms with van der Waals surface area (Å²) >= 11 is 0. The Hall–Kier alpha value is -4.05. The Labute approximate surface area is 210 Å². The topological polar surface area (TPSA) is 123 Å². The number of hydrogen-bond donors (Lipinski definition) is 3. The van der Waals surface area contributed by atoms with Crippen molar-refractivity contribution >= 4 is 22.0 Å². The van der Waals surface area contributed by atoms with E-state index in [4.69, 9.17) is 9.47 Å². The van der Waals surface area contributed by atoms with E-state index in [1.807, 2.05) is 35.1 Å². The lowest BCUT2D eigenvalue weighted by molar-refractivity contribution is 0.0963. The summed E-state index contributed by atoms with van der Waals surface area (Å²) in [6.45, 7) is 5.15. The van der Waals surface area contributed by atoms with Crippen molar-refractivity contribution in [2.24, 2.45) is 0 Å². The number of hydrogen-bond acceptors (Lipinski definition) is 6. The molecule has 0 radical (unpaired) electrons. The second-order valence-corrected chi connectivity index (χ2v) is 10.6. The summed E-state index contributed by atoms with van der Waals surface area (Å²) in [7, 11) is -1.38. The molecule has 36 heavy (non-hydrogen) atoms. The van der Waals surface area contributed by atoms with Crippen LogP contribution in [0.5, 0.6) is 17.2 Å². The van der Waals surface area contributed by atoms with Gasteiger partial charge in [-0.25, -0.2) is 17.9 Å². The maximum absolute atomic E-state index is 13.2. The molecular formula is C26H29N3O6S. The molecule has 10 heteroatoms. The lowest BCUT2D eigenvalue weighted by Gasteiger charge is -2.21. The van der Waals surface area contributed by atoms with Crippen LogP contribution < -0.4 is 24.8 Å². The summed E-state index contributed by atoms with van der Waals surface area (Å²) in [5.74, 6) is 0.552. The summed E-state index contributed by atoms with van der Waals surface area (Å²) in [6, 6.07) is 17.6. The molecule has 3 aromatic rings. The molecule has 0 aliphatic carbocycles. The average molecular weight is 512 g/mol. The Bertz CT molecular complexity index is 1360. The van der Waals surface area contributed by atoms with Crippen LogP contribution in [0.25, 0.3) is 11.1 Å². The van der Waals surface area contributed by atoms with Crippen LogP contribution in [0.4, 0.5) is 4.79 Å². The minimum atomic E-state index is -4.40. The van der Waals surface area contributed by atoms with Crippen LogP contribution >= 0.6 is 0 Å². The Morgan fingerprint density at radius 3 is 2.17 bits per heavy atom. The van der Waals surface area contributed by atoms with Gasteiger partial charge in [0, 0.05) is 18.2 Å². The highest BCUT2D eigenvalue weighted by atomic mass is 32.2. The third-order valence-electron chi connectivity index (χ3n) is 4.92. The van der Waals surface area contributed by atoms with Gasteiger partial charge >= 0.3 is 6.03 Å². The number of methoxy groups -OCH3 is 1. The first kappa shape index (κ1) is 26.6. The molecule has 3 N–H and O–H groups in total. The summed E-state index contributed by atoms with van der Waals surface area (Å²) in [5, 5.41) is 4.99. The predicted molar refractivity (Wildman–Crippen MR) is 137 cm³/mol. The van der Waals surface area contributed by atoms with E-state index in [2.05, 4.69) is 10.6 Å². The Morgan fingerprint density at radius 1 is 0.861 bits per heavy atom. The van der Waals surface area contributed by atoms with Gasteiger partial charge < -0.3 is 20.1 Å². The number of amides is 3. The third-order valence-corrected chi connectivity index (χ3v) is 6.28. The fourth-order valence-electron chi connectivity index (χ4n) is 3.28. The maximum atomic E-state index is 13.2. The molecule has 0 heterocycles. The van der Waals surface area contributed by atoms with Gasteiger partial charge in [-0.15, -0.1) is 0 Å². The summed E-state index contributed by atoms with van der Waals surface area (Å²) < 4.78 is 39.4. The van der Waals surface area contributed by atoms with Crippen molar-refractivity contribution in [2.75, 3.05) is 14.2 Å². The van der Waals surface area contributed by atoms with Crippen LogP contribution in [0.15, 0.2) is 71.6 Å². The third kappa shape index (κ3) is 6.76. The lowest BCUT2D eigenvalue weighted by atomic mass is 10.1. The van der Waals surface area contributed by atoms with Crippen molar-refractivity contribution in [3.8, 4) is 28.4 Å². The number of urea groups is 1. The van der Waals surface area contributed by atoms with Gasteiger partial charge in [-0.2, -0.15) is 0 Å². The average Bonchev–Trinajstić information content (AvgIpc) is 2.82. The number of carbonyl (C=O) groups is 2. The molecule has 0 spiro atoms. The minimum absolute atomic E-state index is 0.0504. The molecule has 0 aromatic heterocycles. The lowest BCUT2D eigenvalue weighted by Crippen LogP contribution is -2.48. The number of benzene rings is 3. The smallest absolute Gasteiger partial charge is 0.329 e. The highest BCUT2D eigenvalue weighted by molar-refractivity contribution is 7.90. The molecule has 0 unspecified atom stereocenters. The van der Waals surface area contributed by atoms with E-state index in [0.29, 0.717) is 5.75 Å². The van der Waals surface area contributed by atoms with Crippen LogP contribution in [0.2, 0.25) is 0 Å². The van der Waals surface area contributed by atoms with Gasteiger partial charge in [-0.05, 0) is 74.4 Å². The Kier molecular flexibility index (Phi) is 7.89. The summed E-state index contributed by atoms with van der Waals surface area (Å²) in [5.41, 5.74) is 1.17. The molecule has 0 bridgehead atoms. The molecular weight excluding hydrogens is 482 g/mol. The standard InChI is InChI=1S/C26H29N3O6S/c1-26(2,3)28-25(31)29-36(32,33)23-16-19(24(30)27-4)11-14-22(23)35-21-8-6-7-18(15-21)17-9-12-20(34-5)13-10-17/h6-16H,1-5H3,(H,27,30)(H2,28,29,31). The van der Waals surface area contributed by atoms with Gasteiger partial charge in [0.05, 0.1) is 7.11 Å². The number of carbonyl (C=O) groups excluding carboxylic acids is 2. The first-order valence-corrected chi connectivity index (χ1v) is 12.5. The molecule has 0 saturated heterocycles. The molecule has 9 nitrogen and oxygen atoms in total. The molecule has 0 fully saturated rings. The normalized spacial score (nSPS) is 11.4. The molecule has 0 aliphatic heterocycles. The van der Waals surface area contributed by atoms with Crippen molar-refractivity contribution in [3.63, 3.8) is 0 Å².